The van der Waals surface area contributed by atoms with Crippen LogP contribution in [0.2, 0.25) is 0 Å². The lowest BCUT2D eigenvalue weighted by atomic mass is 10.0. The SMILES string of the molecule is CCCCCCCC/C=C/C/C=C/CCC(=O)OC(COC(=O)CCCCCCCCCCCCCCCCCCCCC)COP(=O)(O)OC[C@H](O)CO. The van der Waals surface area contributed by atoms with Crippen LogP contribution in [0.4, 0.5) is 0 Å². The summed E-state index contributed by atoms with van der Waals surface area (Å²) in [7, 11) is -4.63. The number of ether oxygens (including phenoxy) is 2. The molecule has 10 nitrogen and oxygen atoms in total. The van der Waals surface area contributed by atoms with E-state index in [1.807, 2.05) is 12.2 Å². The van der Waals surface area contributed by atoms with Crippen LogP contribution in [0, 0.1) is 0 Å². The Morgan fingerprint density at radius 2 is 0.982 bits per heavy atom. The summed E-state index contributed by atoms with van der Waals surface area (Å²) in [5.74, 6) is -0.994. The van der Waals surface area contributed by atoms with Crippen molar-refractivity contribution in [2.75, 3.05) is 26.4 Å². The Bertz CT molecular complexity index is 972. The first kappa shape index (κ1) is 53.5. The van der Waals surface area contributed by atoms with E-state index in [0.29, 0.717) is 12.8 Å². The summed E-state index contributed by atoms with van der Waals surface area (Å²) in [5.41, 5.74) is 0. The largest absolute Gasteiger partial charge is 0.472 e. The highest BCUT2D eigenvalue weighted by Crippen LogP contribution is 2.43. The van der Waals surface area contributed by atoms with E-state index < -0.39 is 51.8 Å². The minimum absolute atomic E-state index is 0.0811. The number of esters is 2. The molecule has 0 amide bonds. The van der Waals surface area contributed by atoms with Gasteiger partial charge in [0.25, 0.3) is 0 Å². The minimum Gasteiger partial charge on any atom is -0.462 e. The molecule has 0 saturated carbocycles. The second kappa shape index (κ2) is 40.6. The summed E-state index contributed by atoms with van der Waals surface area (Å²) in [4.78, 5) is 34.9. The number of carbonyl (C=O) groups excluding carboxylic acids is 2. The van der Waals surface area contributed by atoms with Gasteiger partial charge < -0.3 is 24.6 Å². The summed E-state index contributed by atoms with van der Waals surface area (Å²) < 4.78 is 32.6. The summed E-state index contributed by atoms with van der Waals surface area (Å²) in [5, 5.41) is 18.3. The molecule has 0 aliphatic rings. The number of aliphatic hydroxyl groups excluding tert-OH is 2. The van der Waals surface area contributed by atoms with Crippen LogP contribution in [0.5, 0.6) is 0 Å². The highest BCUT2D eigenvalue weighted by Gasteiger charge is 2.27. The zero-order chi connectivity index (χ0) is 40.5. The molecule has 3 N–H and O–H groups in total. The number of hydrogen-bond donors (Lipinski definition) is 3. The van der Waals surface area contributed by atoms with E-state index in [9.17, 15) is 24.2 Å². The topological polar surface area (TPSA) is 149 Å². The smallest absolute Gasteiger partial charge is 0.462 e. The predicted molar refractivity (Wildman–Crippen MR) is 224 cm³/mol. The highest BCUT2D eigenvalue weighted by atomic mass is 31.2. The van der Waals surface area contributed by atoms with Gasteiger partial charge in [0.1, 0.15) is 12.7 Å². The van der Waals surface area contributed by atoms with Crippen LogP contribution in [0.25, 0.3) is 0 Å². The molecular weight excluding hydrogens is 719 g/mol. The van der Waals surface area contributed by atoms with Crippen molar-refractivity contribution in [3.8, 4) is 0 Å². The fraction of sp³-hybridized carbons (Fsp3) is 0.864. The van der Waals surface area contributed by atoms with E-state index in [1.165, 1.54) is 135 Å². The molecule has 0 aromatic heterocycles. The number of carbonyl (C=O) groups is 2. The van der Waals surface area contributed by atoms with Gasteiger partial charge in [-0.2, -0.15) is 0 Å². The van der Waals surface area contributed by atoms with Crippen molar-refractivity contribution in [2.24, 2.45) is 0 Å². The van der Waals surface area contributed by atoms with Gasteiger partial charge in [-0.15, -0.1) is 0 Å². The van der Waals surface area contributed by atoms with Crippen molar-refractivity contribution < 1.29 is 47.8 Å². The standard InChI is InChI=1S/C44H83O10P/c1-3-5-7-9-11-13-15-17-18-19-20-21-22-24-25-27-29-31-33-35-43(47)51-39-42(40-53-55(49,50)52-38-41(46)37-45)54-44(48)36-34-32-30-28-26-23-16-14-12-10-8-6-4-2/h23,26,30,32,41-42,45-46H,3-22,24-25,27-29,31,33-40H2,1-2H3,(H,49,50)/b26-23+,32-30+/t41-,42?/m1/s1. The van der Waals surface area contributed by atoms with Crippen LogP contribution in [-0.4, -0.2) is 65.7 Å². The van der Waals surface area contributed by atoms with Gasteiger partial charge in [0.2, 0.25) is 0 Å². The van der Waals surface area contributed by atoms with Crippen LogP contribution in [0.15, 0.2) is 24.3 Å². The second-order valence-corrected chi connectivity index (χ2v) is 16.5. The molecule has 0 aliphatic heterocycles. The monoisotopic (exact) mass is 803 g/mol. The molecule has 0 spiro atoms. The molecule has 55 heavy (non-hydrogen) atoms. The Hall–Kier alpha value is -1.55. The number of rotatable bonds is 42. The maximum atomic E-state index is 12.5. The van der Waals surface area contributed by atoms with Crippen LogP contribution in [-0.2, 0) is 32.7 Å². The maximum absolute atomic E-state index is 12.5. The van der Waals surface area contributed by atoms with Gasteiger partial charge in [-0.05, 0) is 32.1 Å². The van der Waals surface area contributed by atoms with Crippen molar-refractivity contribution >= 4 is 19.8 Å². The van der Waals surface area contributed by atoms with Crippen molar-refractivity contribution in [3.05, 3.63) is 24.3 Å². The zero-order valence-electron chi connectivity index (χ0n) is 35.2. The summed E-state index contributed by atoms with van der Waals surface area (Å²) in [6, 6.07) is 0. The molecule has 0 bridgehead atoms. The van der Waals surface area contributed by atoms with E-state index in [2.05, 4.69) is 30.5 Å². The average Bonchev–Trinajstić information content (AvgIpc) is 3.17. The molecule has 3 atom stereocenters. The van der Waals surface area contributed by atoms with E-state index in [0.717, 1.165) is 32.1 Å². The maximum Gasteiger partial charge on any atom is 0.472 e. The van der Waals surface area contributed by atoms with Gasteiger partial charge in [0, 0.05) is 12.8 Å². The Morgan fingerprint density at radius 1 is 0.545 bits per heavy atom. The Labute approximate surface area is 336 Å². The summed E-state index contributed by atoms with van der Waals surface area (Å²) >= 11 is 0. The van der Waals surface area contributed by atoms with Gasteiger partial charge in [-0.3, -0.25) is 18.6 Å². The third-order valence-corrected chi connectivity index (χ3v) is 10.6. The third kappa shape index (κ3) is 40.4. The van der Waals surface area contributed by atoms with Gasteiger partial charge in [-0.1, -0.05) is 186 Å². The first-order valence-electron chi connectivity index (χ1n) is 22.3. The zero-order valence-corrected chi connectivity index (χ0v) is 36.0. The van der Waals surface area contributed by atoms with E-state index >= 15 is 0 Å². The van der Waals surface area contributed by atoms with Gasteiger partial charge in [-0.25, -0.2) is 4.57 Å². The normalized spacial score (nSPS) is 14.1. The van der Waals surface area contributed by atoms with Crippen LogP contribution >= 0.6 is 7.82 Å². The summed E-state index contributed by atoms with van der Waals surface area (Å²) in [6.07, 6.45) is 40.2. The molecular formula is C44H83O10P. The Balaban J connectivity index is 4.26. The third-order valence-electron chi connectivity index (χ3n) is 9.62. The molecule has 0 heterocycles. The molecule has 2 unspecified atom stereocenters. The Morgan fingerprint density at radius 3 is 1.47 bits per heavy atom. The van der Waals surface area contributed by atoms with Crippen molar-refractivity contribution in [1.82, 2.24) is 0 Å². The molecule has 0 aromatic rings. The van der Waals surface area contributed by atoms with E-state index in [4.69, 9.17) is 19.1 Å². The number of allylic oxidation sites excluding steroid dienone is 4. The van der Waals surface area contributed by atoms with E-state index in [-0.39, 0.29) is 19.4 Å². The van der Waals surface area contributed by atoms with Gasteiger partial charge >= 0.3 is 19.8 Å². The molecule has 0 aromatic carbocycles. The number of unbranched alkanes of at least 4 members (excludes halogenated alkanes) is 24. The lowest BCUT2D eigenvalue weighted by Gasteiger charge is -2.20. The molecule has 0 saturated heterocycles. The first-order valence-corrected chi connectivity index (χ1v) is 23.8. The number of phosphoric acid groups is 1. The number of phosphoric ester groups is 1. The lowest BCUT2D eigenvalue weighted by molar-refractivity contribution is -0.161. The molecule has 324 valence electrons. The number of aliphatic hydroxyl groups is 2. The fourth-order valence-corrected chi connectivity index (χ4v) is 6.95. The van der Waals surface area contributed by atoms with Crippen LogP contribution in [0.3, 0.4) is 0 Å². The molecule has 11 heteroatoms. The lowest BCUT2D eigenvalue weighted by Crippen LogP contribution is -2.29. The molecule has 0 aliphatic carbocycles. The predicted octanol–water partition coefficient (Wildman–Crippen LogP) is 11.8. The molecule has 0 rings (SSSR count). The first-order chi connectivity index (χ1) is 26.7. The summed E-state index contributed by atoms with van der Waals surface area (Å²) in [6.45, 7) is 2.33. The highest BCUT2D eigenvalue weighted by molar-refractivity contribution is 7.47. The average molecular weight is 803 g/mol. The van der Waals surface area contributed by atoms with Crippen LogP contribution in [0.1, 0.15) is 206 Å². The van der Waals surface area contributed by atoms with Crippen molar-refractivity contribution in [2.45, 2.75) is 219 Å². The van der Waals surface area contributed by atoms with Crippen molar-refractivity contribution in [1.29, 1.82) is 0 Å². The van der Waals surface area contributed by atoms with Crippen LogP contribution < -0.4 is 0 Å². The quantitative estimate of drug-likeness (QED) is 0.0236. The second-order valence-electron chi connectivity index (χ2n) is 15.1. The number of hydrogen-bond acceptors (Lipinski definition) is 9. The Kier molecular flexibility index (Phi) is 39.5. The van der Waals surface area contributed by atoms with E-state index in [1.54, 1.807) is 0 Å². The van der Waals surface area contributed by atoms with Crippen molar-refractivity contribution in [3.63, 3.8) is 0 Å². The fourth-order valence-electron chi connectivity index (χ4n) is 6.16. The molecule has 0 radical (unpaired) electrons. The van der Waals surface area contributed by atoms with Gasteiger partial charge in [0.15, 0.2) is 6.10 Å². The van der Waals surface area contributed by atoms with Gasteiger partial charge in [0.05, 0.1) is 19.8 Å². The molecule has 0 fully saturated rings. The minimum atomic E-state index is -4.63.